The highest BCUT2D eigenvalue weighted by Gasteiger charge is 2.31. The molecule has 0 amide bonds. The number of rotatable bonds is 41. The number of ether oxygens (including phenoxy) is 3. The molecular formula is C48H88NO7+. The molecule has 0 aromatic carbocycles. The Labute approximate surface area is 344 Å². The van der Waals surface area contributed by atoms with E-state index in [0.29, 0.717) is 19.3 Å². The fourth-order valence-corrected chi connectivity index (χ4v) is 6.63. The van der Waals surface area contributed by atoms with Gasteiger partial charge in [0.25, 0.3) is 0 Å². The zero-order chi connectivity index (χ0) is 41.4. The Hall–Kier alpha value is -2.45. The van der Waals surface area contributed by atoms with Gasteiger partial charge in [0.1, 0.15) is 6.61 Å². The van der Waals surface area contributed by atoms with Crippen LogP contribution in [0.15, 0.2) is 36.5 Å². The fraction of sp³-hybridized carbons (Fsp3) is 0.812. The molecule has 8 nitrogen and oxygen atoms in total. The average Bonchev–Trinajstić information content (AvgIpc) is 3.15. The molecule has 2 atom stereocenters. The molecule has 0 aliphatic carbocycles. The lowest BCUT2D eigenvalue weighted by molar-refractivity contribution is -0.887. The molecular weight excluding hydrogens is 703 g/mol. The van der Waals surface area contributed by atoms with Gasteiger partial charge in [-0.3, -0.25) is 9.59 Å². The Bertz CT molecular complexity index is 1020. The van der Waals surface area contributed by atoms with Gasteiger partial charge in [-0.2, -0.15) is 0 Å². The topological polar surface area (TPSA) is 99.1 Å². The molecule has 0 aliphatic heterocycles. The number of allylic oxidation sites excluding steroid dienone is 6. The van der Waals surface area contributed by atoms with Crippen molar-refractivity contribution in [3.63, 3.8) is 0 Å². The zero-order valence-electron chi connectivity index (χ0n) is 37.1. The third-order valence-corrected chi connectivity index (χ3v) is 10.3. The second kappa shape index (κ2) is 39.4. The SMILES string of the molecule is CCCC/C=C\CCCCCCCC(=O)OCC(COCCC(C(=O)O)[N+](C)(C)C)OC(=O)CCCCCCCCCCC/C=C\C/C=C\CCCCCCC. The van der Waals surface area contributed by atoms with Gasteiger partial charge in [-0.1, -0.05) is 153 Å². The van der Waals surface area contributed by atoms with E-state index in [-0.39, 0.29) is 36.2 Å². The van der Waals surface area contributed by atoms with Gasteiger partial charge < -0.3 is 23.8 Å². The summed E-state index contributed by atoms with van der Waals surface area (Å²) in [6, 6.07) is -0.615. The minimum atomic E-state index is -0.877. The number of quaternary nitrogens is 1. The second-order valence-corrected chi connectivity index (χ2v) is 16.7. The number of aliphatic carboxylic acids is 1. The molecule has 0 saturated heterocycles. The molecule has 0 saturated carbocycles. The van der Waals surface area contributed by atoms with Crippen molar-refractivity contribution in [2.24, 2.45) is 0 Å². The molecule has 0 aromatic rings. The van der Waals surface area contributed by atoms with Crippen molar-refractivity contribution in [3.8, 4) is 0 Å². The van der Waals surface area contributed by atoms with E-state index in [1.54, 1.807) is 0 Å². The molecule has 0 bridgehead atoms. The summed E-state index contributed by atoms with van der Waals surface area (Å²) in [6.07, 6.45) is 44.7. The highest BCUT2D eigenvalue weighted by molar-refractivity contribution is 5.72. The van der Waals surface area contributed by atoms with Crippen molar-refractivity contribution >= 4 is 17.9 Å². The number of nitrogens with zero attached hydrogens (tertiary/aromatic N) is 1. The van der Waals surface area contributed by atoms with Crippen LogP contribution in [-0.2, 0) is 28.6 Å². The lowest BCUT2D eigenvalue weighted by Crippen LogP contribution is -2.50. The van der Waals surface area contributed by atoms with Crippen molar-refractivity contribution < 1.29 is 38.2 Å². The number of carbonyl (C=O) groups excluding carboxylic acids is 2. The lowest BCUT2D eigenvalue weighted by atomic mass is 10.1. The maximum Gasteiger partial charge on any atom is 0.362 e. The van der Waals surface area contributed by atoms with Crippen LogP contribution in [-0.4, -0.2) is 80.6 Å². The van der Waals surface area contributed by atoms with Crippen LogP contribution in [0, 0.1) is 0 Å². The van der Waals surface area contributed by atoms with Gasteiger partial charge in [-0.25, -0.2) is 4.79 Å². The standard InChI is InChI=1S/C48H87NO7/c1-6-8-10-12-14-16-18-19-20-21-22-23-24-25-26-27-29-31-33-35-37-39-47(51)56-44(42-54-41-40-45(48(52)53)49(3,4)5)43-55-46(50)38-36-34-32-30-28-17-15-13-11-9-7-2/h13,15,18-19,21-22,44-45H,6-12,14,16-17,20,23-43H2,1-5H3/p+1/b15-13-,19-18-,22-21-. The van der Waals surface area contributed by atoms with Crippen LogP contribution in [0.5, 0.6) is 0 Å². The largest absolute Gasteiger partial charge is 0.477 e. The normalized spacial score (nSPS) is 13.2. The molecule has 1 N–H and O–H groups in total. The van der Waals surface area contributed by atoms with E-state index in [0.717, 1.165) is 57.8 Å². The molecule has 56 heavy (non-hydrogen) atoms. The van der Waals surface area contributed by atoms with E-state index in [9.17, 15) is 19.5 Å². The van der Waals surface area contributed by atoms with Crippen LogP contribution < -0.4 is 0 Å². The minimum Gasteiger partial charge on any atom is -0.477 e. The van der Waals surface area contributed by atoms with E-state index in [4.69, 9.17) is 14.2 Å². The maximum absolute atomic E-state index is 12.7. The molecule has 0 heterocycles. The highest BCUT2D eigenvalue weighted by Crippen LogP contribution is 2.14. The number of carbonyl (C=O) groups is 3. The molecule has 0 radical (unpaired) electrons. The van der Waals surface area contributed by atoms with E-state index < -0.39 is 18.1 Å². The third kappa shape index (κ3) is 37.1. The van der Waals surface area contributed by atoms with E-state index in [1.165, 1.54) is 109 Å². The van der Waals surface area contributed by atoms with Crippen LogP contribution >= 0.6 is 0 Å². The minimum absolute atomic E-state index is 0.0560. The summed E-state index contributed by atoms with van der Waals surface area (Å²) in [6.45, 7) is 4.68. The molecule has 2 unspecified atom stereocenters. The van der Waals surface area contributed by atoms with Crippen molar-refractivity contribution in [1.29, 1.82) is 0 Å². The van der Waals surface area contributed by atoms with Gasteiger partial charge >= 0.3 is 17.9 Å². The highest BCUT2D eigenvalue weighted by atomic mass is 16.6. The van der Waals surface area contributed by atoms with Crippen molar-refractivity contribution in [2.45, 2.75) is 212 Å². The van der Waals surface area contributed by atoms with Gasteiger partial charge in [0.15, 0.2) is 12.1 Å². The van der Waals surface area contributed by atoms with E-state index in [2.05, 4.69) is 50.3 Å². The third-order valence-electron chi connectivity index (χ3n) is 10.3. The number of hydrogen-bond donors (Lipinski definition) is 1. The average molecular weight is 791 g/mol. The van der Waals surface area contributed by atoms with Crippen molar-refractivity contribution in [3.05, 3.63) is 36.5 Å². The predicted molar refractivity (Wildman–Crippen MR) is 234 cm³/mol. The zero-order valence-corrected chi connectivity index (χ0v) is 37.1. The van der Waals surface area contributed by atoms with Crippen LogP contribution in [0.4, 0.5) is 0 Å². The quantitative estimate of drug-likeness (QED) is 0.0285. The van der Waals surface area contributed by atoms with Gasteiger partial charge in [0, 0.05) is 19.3 Å². The fourth-order valence-electron chi connectivity index (χ4n) is 6.63. The smallest absolute Gasteiger partial charge is 0.362 e. The summed E-state index contributed by atoms with van der Waals surface area (Å²) in [5, 5.41) is 9.62. The number of likely N-dealkylation sites (N-methyl/N-ethyl adjacent to an activating group) is 1. The summed E-state index contributed by atoms with van der Waals surface area (Å²) in [7, 11) is 5.52. The van der Waals surface area contributed by atoms with Gasteiger partial charge in [-0.05, 0) is 64.2 Å². The number of unbranched alkanes of at least 4 members (excludes halogenated alkanes) is 21. The van der Waals surface area contributed by atoms with Crippen LogP contribution in [0.1, 0.15) is 200 Å². The van der Waals surface area contributed by atoms with Crippen molar-refractivity contribution in [1.82, 2.24) is 0 Å². The first-order valence-corrected chi connectivity index (χ1v) is 23.0. The number of esters is 2. The summed E-state index contributed by atoms with van der Waals surface area (Å²) in [5.74, 6) is -1.48. The molecule has 326 valence electrons. The second-order valence-electron chi connectivity index (χ2n) is 16.7. The number of hydrogen-bond acceptors (Lipinski definition) is 6. The monoisotopic (exact) mass is 791 g/mol. The summed E-state index contributed by atoms with van der Waals surface area (Å²) < 4.78 is 17.3. The first-order valence-electron chi connectivity index (χ1n) is 23.0. The summed E-state index contributed by atoms with van der Waals surface area (Å²) in [5.41, 5.74) is 0. The number of carboxylic acid groups (broad SMARTS) is 1. The van der Waals surface area contributed by atoms with Gasteiger partial charge in [-0.15, -0.1) is 0 Å². The number of carboxylic acids is 1. The Kier molecular flexibility index (Phi) is 37.7. The Morgan fingerprint density at radius 3 is 1.45 bits per heavy atom. The van der Waals surface area contributed by atoms with Crippen molar-refractivity contribution in [2.75, 3.05) is 41.0 Å². The molecule has 0 aromatic heterocycles. The van der Waals surface area contributed by atoms with E-state index >= 15 is 0 Å². The maximum atomic E-state index is 12.7. The Balaban J connectivity index is 4.27. The van der Waals surface area contributed by atoms with Gasteiger partial charge in [0.05, 0.1) is 34.4 Å². The molecule has 8 heteroatoms. The molecule has 0 spiro atoms. The summed E-state index contributed by atoms with van der Waals surface area (Å²) >= 11 is 0. The van der Waals surface area contributed by atoms with E-state index in [1.807, 2.05) is 21.1 Å². The molecule has 0 fully saturated rings. The Morgan fingerprint density at radius 2 is 0.964 bits per heavy atom. The summed E-state index contributed by atoms with van der Waals surface area (Å²) in [4.78, 5) is 36.9. The van der Waals surface area contributed by atoms with Crippen LogP contribution in [0.25, 0.3) is 0 Å². The lowest BCUT2D eigenvalue weighted by Gasteiger charge is -2.31. The van der Waals surface area contributed by atoms with Crippen LogP contribution in [0.2, 0.25) is 0 Å². The van der Waals surface area contributed by atoms with Gasteiger partial charge in [0.2, 0.25) is 0 Å². The molecule has 0 aliphatic rings. The predicted octanol–water partition coefficient (Wildman–Crippen LogP) is 12.6. The molecule has 0 rings (SSSR count). The van der Waals surface area contributed by atoms with Crippen LogP contribution in [0.3, 0.4) is 0 Å². The first kappa shape index (κ1) is 53.6. The first-order chi connectivity index (χ1) is 27.1. The Morgan fingerprint density at radius 1 is 0.536 bits per heavy atom.